The van der Waals surface area contributed by atoms with Crippen molar-refractivity contribution in [1.29, 1.82) is 0 Å². The molecule has 0 aromatic heterocycles. The summed E-state index contributed by atoms with van der Waals surface area (Å²) in [6.07, 6.45) is 7.22. The topological polar surface area (TPSA) is 44.4 Å². The number of amides is 1. The van der Waals surface area contributed by atoms with E-state index >= 15 is 0 Å². The molecular weight excluding hydrogens is 285 g/mol. The normalized spacial score (nSPS) is 34.0. The van der Waals surface area contributed by atoms with Crippen LogP contribution >= 0.6 is 24.8 Å². The molecule has 3 unspecified atom stereocenters. The Hall–Kier alpha value is -0.0300. The van der Waals surface area contributed by atoms with E-state index in [-0.39, 0.29) is 36.8 Å². The summed E-state index contributed by atoms with van der Waals surface area (Å²) in [6, 6.07) is 1.10. The monoisotopic (exact) mass is 309 g/mol. The van der Waals surface area contributed by atoms with Gasteiger partial charge in [0.15, 0.2) is 0 Å². The van der Waals surface area contributed by atoms with E-state index in [4.69, 9.17) is 0 Å². The van der Waals surface area contributed by atoms with E-state index in [0.29, 0.717) is 12.1 Å². The first-order valence-corrected chi connectivity index (χ1v) is 7.12. The van der Waals surface area contributed by atoms with Crippen LogP contribution < -0.4 is 10.6 Å². The molecular formula is C13H25Cl2N3O. The Morgan fingerprint density at radius 3 is 2.63 bits per heavy atom. The molecule has 0 aliphatic carbocycles. The molecule has 1 amide bonds. The van der Waals surface area contributed by atoms with Crippen molar-refractivity contribution in [2.75, 3.05) is 19.6 Å². The molecule has 3 saturated heterocycles. The maximum absolute atomic E-state index is 12.1. The predicted molar refractivity (Wildman–Crippen MR) is 81.3 cm³/mol. The smallest absolute Gasteiger partial charge is 0.237 e. The largest absolute Gasteiger partial charge is 0.350 e. The van der Waals surface area contributed by atoms with E-state index in [9.17, 15) is 4.79 Å². The van der Waals surface area contributed by atoms with Gasteiger partial charge in [0.25, 0.3) is 0 Å². The molecule has 3 heterocycles. The van der Waals surface area contributed by atoms with Gasteiger partial charge < -0.3 is 10.6 Å². The lowest BCUT2D eigenvalue weighted by Gasteiger charge is -2.32. The molecule has 0 saturated carbocycles. The Labute approximate surface area is 127 Å². The van der Waals surface area contributed by atoms with Crippen LogP contribution in [0.15, 0.2) is 0 Å². The number of hydrogen-bond acceptors (Lipinski definition) is 3. The highest BCUT2D eigenvalue weighted by Crippen LogP contribution is 2.27. The van der Waals surface area contributed by atoms with Gasteiger partial charge in [-0.2, -0.15) is 0 Å². The molecule has 112 valence electrons. The minimum atomic E-state index is 0. The third kappa shape index (κ3) is 3.75. The zero-order chi connectivity index (χ0) is 11.7. The van der Waals surface area contributed by atoms with Gasteiger partial charge in [0, 0.05) is 18.6 Å². The average molecular weight is 310 g/mol. The van der Waals surface area contributed by atoms with Gasteiger partial charge >= 0.3 is 0 Å². The molecule has 3 aliphatic heterocycles. The summed E-state index contributed by atoms with van der Waals surface area (Å²) >= 11 is 0. The minimum absolute atomic E-state index is 0. The summed E-state index contributed by atoms with van der Waals surface area (Å²) < 4.78 is 0. The zero-order valence-electron chi connectivity index (χ0n) is 11.3. The van der Waals surface area contributed by atoms with Crippen molar-refractivity contribution < 1.29 is 4.79 Å². The number of piperidine rings is 1. The maximum Gasteiger partial charge on any atom is 0.237 e. The molecule has 19 heavy (non-hydrogen) atoms. The molecule has 3 fully saturated rings. The third-order valence-electron chi connectivity index (χ3n) is 4.56. The second-order valence-electron chi connectivity index (χ2n) is 5.65. The minimum Gasteiger partial charge on any atom is -0.350 e. The standard InChI is InChI=1S/C13H23N3O.2ClH/c17-13(11-4-3-7-14-11)15-10-6-9-16-8-2-1-5-12(10)16;;/h10-12,14H,1-9H2,(H,15,17);2*1H. The van der Waals surface area contributed by atoms with E-state index in [0.717, 1.165) is 25.8 Å². The van der Waals surface area contributed by atoms with E-state index < -0.39 is 0 Å². The van der Waals surface area contributed by atoms with Crippen LogP contribution in [0.3, 0.4) is 0 Å². The van der Waals surface area contributed by atoms with Crippen LogP contribution in [0.5, 0.6) is 0 Å². The summed E-state index contributed by atoms with van der Waals surface area (Å²) in [5, 5.41) is 6.55. The second kappa shape index (κ2) is 7.67. The Morgan fingerprint density at radius 1 is 1.05 bits per heavy atom. The van der Waals surface area contributed by atoms with Crippen molar-refractivity contribution in [2.24, 2.45) is 0 Å². The molecule has 3 aliphatic rings. The number of nitrogens with one attached hydrogen (secondary N) is 2. The molecule has 0 aromatic rings. The van der Waals surface area contributed by atoms with Crippen molar-refractivity contribution in [3.8, 4) is 0 Å². The van der Waals surface area contributed by atoms with Gasteiger partial charge in [-0.1, -0.05) is 6.42 Å². The highest BCUT2D eigenvalue weighted by molar-refractivity contribution is 5.85. The SMILES string of the molecule is Cl.Cl.O=C(NC1CCN2CCCCC12)C1CCCN1. The Morgan fingerprint density at radius 2 is 1.89 bits per heavy atom. The molecule has 3 rings (SSSR count). The first kappa shape index (κ1) is 17.0. The third-order valence-corrected chi connectivity index (χ3v) is 4.56. The Kier molecular flexibility index (Phi) is 6.87. The van der Waals surface area contributed by atoms with Crippen LogP contribution in [0.4, 0.5) is 0 Å². The van der Waals surface area contributed by atoms with Gasteiger partial charge in [0.2, 0.25) is 5.91 Å². The quantitative estimate of drug-likeness (QED) is 0.809. The van der Waals surface area contributed by atoms with Crippen molar-refractivity contribution >= 4 is 30.7 Å². The number of rotatable bonds is 2. The van der Waals surface area contributed by atoms with Crippen LogP contribution in [0.25, 0.3) is 0 Å². The van der Waals surface area contributed by atoms with Crippen LogP contribution in [0.2, 0.25) is 0 Å². The summed E-state index contributed by atoms with van der Waals surface area (Å²) in [7, 11) is 0. The molecule has 4 nitrogen and oxygen atoms in total. The molecule has 0 aromatic carbocycles. The van der Waals surface area contributed by atoms with Crippen molar-refractivity contribution in [3.63, 3.8) is 0 Å². The number of carbonyl (C=O) groups is 1. The van der Waals surface area contributed by atoms with E-state index in [2.05, 4.69) is 15.5 Å². The van der Waals surface area contributed by atoms with E-state index in [1.54, 1.807) is 0 Å². The molecule has 0 spiro atoms. The van der Waals surface area contributed by atoms with Gasteiger partial charge in [-0.05, 0) is 45.2 Å². The fourth-order valence-corrected chi connectivity index (χ4v) is 3.61. The molecule has 2 N–H and O–H groups in total. The van der Waals surface area contributed by atoms with Gasteiger partial charge in [0.05, 0.1) is 6.04 Å². The lowest BCUT2D eigenvalue weighted by Crippen LogP contribution is -2.51. The Bertz CT molecular complexity index is 298. The molecule has 0 bridgehead atoms. The Balaban J connectivity index is 0.000000902. The van der Waals surface area contributed by atoms with Crippen molar-refractivity contribution in [1.82, 2.24) is 15.5 Å². The first-order valence-electron chi connectivity index (χ1n) is 7.12. The summed E-state index contributed by atoms with van der Waals surface area (Å²) in [4.78, 5) is 14.6. The maximum atomic E-state index is 12.1. The van der Waals surface area contributed by atoms with Crippen molar-refractivity contribution in [3.05, 3.63) is 0 Å². The molecule has 3 atom stereocenters. The van der Waals surface area contributed by atoms with Gasteiger partial charge in [0.1, 0.15) is 0 Å². The highest BCUT2D eigenvalue weighted by Gasteiger charge is 2.37. The fourth-order valence-electron chi connectivity index (χ4n) is 3.61. The molecule has 6 heteroatoms. The van der Waals surface area contributed by atoms with Gasteiger partial charge in [-0.3, -0.25) is 9.69 Å². The van der Waals surface area contributed by atoms with Crippen molar-refractivity contribution in [2.45, 2.75) is 56.7 Å². The summed E-state index contributed by atoms with van der Waals surface area (Å²) in [5.74, 6) is 0.236. The number of halogens is 2. The van der Waals surface area contributed by atoms with Gasteiger partial charge in [-0.25, -0.2) is 0 Å². The zero-order valence-corrected chi connectivity index (χ0v) is 12.9. The first-order chi connectivity index (χ1) is 8.34. The van der Waals surface area contributed by atoms with E-state index in [1.807, 2.05) is 0 Å². The van der Waals surface area contributed by atoms with Gasteiger partial charge in [-0.15, -0.1) is 24.8 Å². The van der Waals surface area contributed by atoms with Crippen LogP contribution in [-0.2, 0) is 4.79 Å². The lowest BCUT2D eigenvalue weighted by atomic mass is 9.99. The fraction of sp³-hybridized carbons (Fsp3) is 0.923. The molecule has 0 radical (unpaired) electrons. The number of carbonyl (C=O) groups excluding carboxylic acids is 1. The number of hydrogen-bond donors (Lipinski definition) is 2. The number of fused-ring (bicyclic) bond motifs is 1. The predicted octanol–water partition coefficient (Wildman–Crippen LogP) is 1.32. The summed E-state index contributed by atoms with van der Waals surface area (Å²) in [5.41, 5.74) is 0. The van der Waals surface area contributed by atoms with E-state index in [1.165, 1.54) is 32.4 Å². The summed E-state index contributed by atoms with van der Waals surface area (Å²) in [6.45, 7) is 3.41. The highest BCUT2D eigenvalue weighted by atomic mass is 35.5. The van der Waals surface area contributed by atoms with Crippen LogP contribution in [0, 0.1) is 0 Å². The lowest BCUT2D eigenvalue weighted by molar-refractivity contribution is -0.123. The average Bonchev–Trinajstić information content (AvgIpc) is 2.98. The second-order valence-corrected chi connectivity index (χ2v) is 5.65. The van der Waals surface area contributed by atoms with Crippen LogP contribution in [-0.4, -0.2) is 48.6 Å². The van der Waals surface area contributed by atoms with Crippen LogP contribution in [0.1, 0.15) is 38.5 Å². The number of nitrogens with zero attached hydrogens (tertiary/aromatic N) is 1.